The molecule has 11 aromatic rings. The first-order valence-electron chi connectivity index (χ1n) is 22.4. The molecule has 11 rings (SSSR count). The molecule has 0 amide bonds. The van der Waals surface area contributed by atoms with Gasteiger partial charge in [-0.25, -0.2) is 9.97 Å². The molecule has 0 bridgehead atoms. The zero-order valence-corrected chi connectivity index (χ0v) is 40.4. The number of rotatable bonds is 6. The zero-order chi connectivity index (χ0) is 44.1. The van der Waals surface area contributed by atoms with Crippen LogP contribution in [0, 0.1) is 6.07 Å². The Balaban J connectivity index is 0.00000498. The maximum absolute atomic E-state index is 5.69. The van der Waals surface area contributed by atoms with Gasteiger partial charge in [-0.15, -0.1) is 34.8 Å². The third-order valence-corrected chi connectivity index (χ3v) is 13.4. The first-order chi connectivity index (χ1) is 30.8. The molecular formula is C59H51N5Pt. The molecule has 0 atom stereocenters. The van der Waals surface area contributed by atoms with Crippen LogP contribution in [-0.2, 0) is 37.3 Å². The van der Waals surface area contributed by atoms with Crippen molar-refractivity contribution in [3.8, 4) is 34.0 Å². The van der Waals surface area contributed by atoms with Crippen LogP contribution in [-0.4, -0.2) is 19.1 Å². The van der Waals surface area contributed by atoms with Crippen LogP contribution >= 0.6 is 0 Å². The third-order valence-electron chi connectivity index (χ3n) is 13.4. The Labute approximate surface area is 395 Å². The van der Waals surface area contributed by atoms with Crippen LogP contribution in [0.25, 0.3) is 88.7 Å². The van der Waals surface area contributed by atoms with Crippen LogP contribution in [0.3, 0.4) is 0 Å². The average Bonchev–Trinajstić information content (AvgIpc) is 3.98. The van der Waals surface area contributed by atoms with E-state index in [0.717, 1.165) is 83.3 Å². The Morgan fingerprint density at radius 2 is 1.20 bits per heavy atom. The third kappa shape index (κ3) is 7.04. The summed E-state index contributed by atoms with van der Waals surface area (Å²) in [7, 11) is 0. The topological polar surface area (TPSA) is 49.7 Å². The van der Waals surface area contributed by atoms with Crippen LogP contribution in [0.4, 0.5) is 0 Å². The number of imidazole rings is 1. The van der Waals surface area contributed by atoms with Gasteiger partial charge in [0.25, 0.3) is 0 Å². The second kappa shape index (κ2) is 15.6. The number of pyridine rings is 1. The van der Waals surface area contributed by atoms with Gasteiger partial charge in [-0.05, 0) is 91.2 Å². The SMILES string of the molecule is CC(C)(C)c1cc(-n2c(-c3cccc4c3[n-]c3ccccc34)nc3c(-c4[c-]c5c(cc4)c4cc(C(C)(C)c6ccccc6)ccc4n5-c4ccccn4)cccc32)cc(C(C)(C)C)c1.[Pt+2]. The van der Waals surface area contributed by atoms with Gasteiger partial charge in [0.05, 0.1) is 11.0 Å². The molecule has 0 fully saturated rings. The summed E-state index contributed by atoms with van der Waals surface area (Å²) in [5.41, 5.74) is 14.8. The Kier molecular flexibility index (Phi) is 10.2. The molecule has 0 N–H and O–H groups in total. The van der Waals surface area contributed by atoms with Gasteiger partial charge < -0.3 is 9.55 Å². The summed E-state index contributed by atoms with van der Waals surface area (Å²) >= 11 is 0. The van der Waals surface area contributed by atoms with E-state index in [9.17, 15) is 0 Å². The van der Waals surface area contributed by atoms with E-state index in [1.54, 1.807) is 0 Å². The summed E-state index contributed by atoms with van der Waals surface area (Å²) in [6, 6.07) is 60.8. The van der Waals surface area contributed by atoms with Gasteiger partial charge in [0.2, 0.25) is 0 Å². The molecule has 0 aliphatic heterocycles. The molecule has 0 saturated heterocycles. The van der Waals surface area contributed by atoms with E-state index in [4.69, 9.17) is 15.0 Å². The van der Waals surface area contributed by atoms with E-state index < -0.39 is 0 Å². The van der Waals surface area contributed by atoms with Crippen molar-refractivity contribution in [3.63, 3.8) is 0 Å². The molecule has 0 saturated carbocycles. The molecule has 7 aromatic carbocycles. The van der Waals surface area contributed by atoms with Crippen molar-refractivity contribution in [2.24, 2.45) is 0 Å². The van der Waals surface area contributed by atoms with Gasteiger partial charge >= 0.3 is 21.1 Å². The summed E-state index contributed by atoms with van der Waals surface area (Å²) in [6.45, 7) is 18.4. The molecule has 4 heterocycles. The Morgan fingerprint density at radius 1 is 0.508 bits per heavy atom. The fourth-order valence-electron chi connectivity index (χ4n) is 9.58. The van der Waals surface area contributed by atoms with E-state index in [1.807, 2.05) is 12.3 Å². The van der Waals surface area contributed by atoms with Crippen LogP contribution in [0.1, 0.15) is 77.6 Å². The largest absolute Gasteiger partial charge is 2.00 e. The molecule has 0 spiro atoms. The summed E-state index contributed by atoms with van der Waals surface area (Å²) in [5.74, 6) is 1.71. The number of fused-ring (bicyclic) bond motifs is 7. The normalized spacial score (nSPS) is 12.5. The maximum Gasteiger partial charge on any atom is 2.00 e. The Hall–Kier alpha value is -6.55. The minimum atomic E-state index is -0.195. The quantitative estimate of drug-likeness (QED) is 0.156. The molecule has 322 valence electrons. The number of aromatic nitrogens is 5. The van der Waals surface area contributed by atoms with Crippen molar-refractivity contribution >= 4 is 54.6 Å². The van der Waals surface area contributed by atoms with Crippen molar-refractivity contribution in [2.75, 3.05) is 0 Å². The standard InChI is InChI=1S/C59H51N5.Pt/c1-57(2,3)40-33-41(58(4,5)6)35-42(34-40)63-51-25-17-21-43(55(51)62-56(63)47-23-16-22-46-44-20-12-13-24-49(44)61-54(46)47)37-27-29-45-48-36-39(59(7,8)38-18-10-9-11-19-38)28-30-50(48)64(52(45)32-37)53-26-14-15-31-60-53;/h9-31,33-36H,1-8H3;/q-2;+2. The van der Waals surface area contributed by atoms with E-state index in [-0.39, 0.29) is 37.3 Å². The molecule has 65 heavy (non-hydrogen) atoms. The molecule has 4 aromatic heterocycles. The zero-order valence-electron chi connectivity index (χ0n) is 38.1. The van der Waals surface area contributed by atoms with Crippen LogP contribution < -0.4 is 4.98 Å². The van der Waals surface area contributed by atoms with Crippen molar-refractivity contribution < 1.29 is 21.1 Å². The monoisotopic (exact) mass is 1020 g/mol. The predicted octanol–water partition coefficient (Wildman–Crippen LogP) is 14.8. The van der Waals surface area contributed by atoms with Crippen LogP contribution in [0.15, 0.2) is 164 Å². The Morgan fingerprint density at radius 3 is 1.94 bits per heavy atom. The van der Waals surface area contributed by atoms with Crippen molar-refractivity contribution in [1.29, 1.82) is 0 Å². The van der Waals surface area contributed by atoms with Gasteiger partial charge in [-0.1, -0.05) is 176 Å². The van der Waals surface area contributed by atoms with Crippen molar-refractivity contribution in [2.45, 2.75) is 71.6 Å². The summed E-state index contributed by atoms with van der Waals surface area (Å²) in [6.07, 6.45) is 1.86. The molecule has 0 unspecified atom stereocenters. The molecule has 0 radical (unpaired) electrons. The van der Waals surface area contributed by atoms with Gasteiger partial charge in [-0.3, -0.25) is 4.57 Å². The van der Waals surface area contributed by atoms with Crippen LogP contribution in [0.2, 0.25) is 0 Å². The van der Waals surface area contributed by atoms with Crippen LogP contribution in [0.5, 0.6) is 0 Å². The number of nitrogens with zero attached hydrogens (tertiary/aromatic N) is 5. The first-order valence-corrected chi connectivity index (χ1v) is 22.4. The number of para-hydroxylation sites is 3. The fraction of sp³-hybridized carbons (Fsp3) is 0.186. The molecular weight excluding hydrogens is 974 g/mol. The van der Waals surface area contributed by atoms with Gasteiger partial charge in [-0.2, -0.15) is 0 Å². The smallest absolute Gasteiger partial charge is 0.656 e. The Bertz CT molecular complexity index is 3560. The molecule has 0 aliphatic rings. The van der Waals surface area contributed by atoms with E-state index in [1.165, 1.54) is 27.6 Å². The van der Waals surface area contributed by atoms with Gasteiger partial charge in [0.15, 0.2) is 0 Å². The number of hydrogen-bond acceptors (Lipinski definition) is 2. The molecule has 5 nitrogen and oxygen atoms in total. The van der Waals surface area contributed by atoms with E-state index in [0.29, 0.717) is 0 Å². The average molecular weight is 1030 g/mol. The number of hydrogen-bond donors (Lipinski definition) is 0. The van der Waals surface area contributed by atoms with Gasteiger partial charge in [0.1, 0.15) is 11.6 Å². The minimum absolute atomic E-state index is 0. The second-order valence-corrected chi connectivity index (χ2v) is 19.9. The van der Waals surface area contributed by atoms with Crippen molar-refractivity contribution in [3.05, 3.63) is 192 Å². The fourth-order valence-corrected chi connectivity index (χ4v) is 9.58. The summed E-state index contributed by atoms with van der Waals surface area (Å²) < 4.78 is 4.63. The van der Waals surface area contributed by atoms with Crippen molar-refractivity contribution in [1.82, 2.24) is 24.1 Å². The minimum Gasteiger partial charge on any atom is -0.656 e. The predicted molar refractivity (Wildman–Crippen MR) is 267 cm³/mol. The maximum atomic E-state index is 5.69. The van der Waals surface area contributed by atoms with Gasteiger partial charge in [0, 0.05) is 28.4 Å². The second-order valence-electron chi connectivity index (χ2n) is 19.9. The molecule has 0 aliphatic carbocycles. The van der Waals surface area contributed by atoms with E-state index >= 15 is 0 Å². The molecule has 6 heteroatoms. The van der Waals surface area contributed by atoms with E-state index in [2.05, 4.69) is 222 Å². The summed E-state index contributed by atoms with van der Waals surface area (Å²) in [4.78, 5) is 15.8. The number of benzene rings is 7. The first kappa shape index (κ1) is 42.4. The summed E-state index contributed by atoms with van der Waals surface area (Å²) in [5, 5.41) is 4.57.